The number of rotatable bonds is 6. The summed E-state index contributed by atoms with van der Waals surface area (Å²) in [6, 6.07) is 1.80. The number of hydrogen-bond acceptors (Lipinski definition) is 4. The monoisotopic (exact) mass is 219 g/mol. The number of terminal acetylenes is 1. The van der Waals surface area contributed by atoms with E-state index in [1.807, 2.05) is 6.92 Å². The molecule has 0 aromatic carbocycles. The number of anilines is 1. The van der Waals surface area contributed by atoms with Crippen molar-refractivity contribution in [3.8, 4) is 18.2 Å². The molecule has 1 rings (SSSR count). The molecular weight excluding hydrogens is 202 g/mol. The zero-order chi connectivity index (χ0) is 11.8. The fourth-order valence-electron chi connectivity index (χ4n) is 1.14. The van der Waals surface area contributed by atoms with E-state index in [0.29, 0.717) is 24.9 Å². The maximum atomic E-state index is 5.41. The van der Waals surface area contributed by atoms with Gasteiger partial charge < -0.3 is 10.1 Å². The Morgan fingerprint density at radius 2 is 2.31 bits per heavy atom. The van der Waals surface area contributed by atoms with Crippen molar-refractivity contribution in [2.75, 3.05) is 18.5 Å². The molecule has 0 aliphatic heterocycles. The van der Waals surface area contributed by atoms with Crippen LogP contribution in [0.4, 0.5) is 5.95 Å². The number of hydrogen-bond donors (Lipinski definition) is 1. The minimum absolute atomic E-state index is 0.486. The highest BCUT2D eigenvalue weighted by Gasteiger charge is 2.01. The van der Waals surface area contributed by atoms with Crippen LogP contribution in [0.15, 0.2) is 6.07 Å². The molecular formula is C12H17N3O. The van der Waals surface area contributed by atoms with Gasteiger partial charge in [-0.25, -0.2) is 4.98 Å². The average Bonchev–Trinajstić information content (AvgIpc) is 2.26. The van der Waals surface area contributed by atoms with Crippen LogP contribution >= 0.6 is 0 Å². The summed E-state index contributed by atoms with van der Waals surface area (Å²) in [7, 11) is 0. The van der Waals surface area contributed by atoms with E-state index in [0.717, 1.165) is 18.7 Å². The van der Waals surface area contributed by atoms with Gasteiger partial charge in [0.25, 0.3) is 0 Å². The van der Waals surface area contributed by atoms with Gasteiger partial charge in [0.1, 0.15) is 6.61 Å². The van der Waals surface area contributed by atoms with Crippen LogP contribution in [0.1, 0.15) is 25.5 Å². The predicted octanol–water partition coefficient (Wildman–Crippen LogP) is 2.01. The third-order valence-corrected chi connectivity index (χ3v) is 1.86. The second kappa shape index (κ2) is 6.67. The zero-order valence-corrected chi connectivity index (χ0v) is 9.79. The highest BCUT2D eigenvalue weighted by atomic mass is 16.5. The molecule has 86 valence electrons. The first kappa shape index (κ1) is 12.3. The summed E-state index contributed by atoms with van der Waals surface area (Å²) in [5, 5.41) is 3.12. The Morgan fingerprint density at radius 3 is 3.00 bits per heavy atom. The summed E-state index contributed by atoms with van der Waals surface area (Å²) in [6.45, 7) is 5.34. The van der Waals surface area contributed by atoms with Crippen molar-refractivity contribution in [1.82, 2.24) is 9.97 Å². The third kappa shape index (κ3) is 4.18. The van der Waals surface area contributed by atoms with E-state index in [4.69, 9.17) is 11.2 Å². The van der Waals surface area contributed by atoms with Crippen molar-refractivity contribution >= 4 is 5.95 Å². The summed E-state index contributed by atoms with van der Waals surface area (Å²) < 4.78 is 5.41. The number of aromatic nitrogens is 2. The minimum Gasteiger partial charge on any atom is -0.477 e. The first-order valence-electron chi connectivity index (χ1n) is 5.42. The standard InChI is InChI=1S/C12H17N3O/c1-4-6-8-16-11-9-10(3)14-12(15-11)13-7-5-2/h1,9H,5-8H2,2-3H3,(H,13,14,15). The molecule has 4 heteroatoms. The first-order chi connectivity index (χ1) is 7.76. The smallest absolute Gasteiger partial charge is 0.226 e. The average molecular weight is 219 g/mol. The van der Waals surface area contributed by atoms with Crippen molar-refractivity contribution in [2.24, 2.45) is 0 Å². The Labute approximate surface area is 96.5 Å². The normalized spacial score (nSPS) is 9.56. The summed E-state index contributed by atoms with van der Waals surface area (Å²) in [4.78, 5) is 8.49. The second-order valence-electron chi connectivity index (χ2n) is 3.40. The van der Waals surface area contributed by atoms with Gasteiger partial charge in [-0.3, -0.25) is 0 Å². The molecule has 0 unspecified atom stereocenters. The number of nitrogens with one attached hydrogen (secondary N) is 1. The van der Waals surface area contributed by atoms with Crippen molar-refractivity contribution < 1.29 is 4.74 Å². The van der Waals surface area contributed by atoms with E-state index in [9.17, 15) is 0 Å². The van der Waals surface area contributed by atoms with Crippen LogP contribution < -0.4 is 10.1 Å². The van der Waals surface area contributed by atoms with Crippen LogP contribution in [-0.2, 0) is 0 Å². The van der Waals surface area contributed by atoms with Gasteiger partial charge in [0.2, 0.25) is 11.8 Å². The summed E-state index contributed by atoms with van der Waals surface area (Å²) in [5.41, 5.74) is 0.879. The summed E-state index contributed by atoms with van der Waals surface area (Å²) in [5.74, 6) is 3.70. The van der Waals surface area contributed by atoms with Crippen LogP contribution in [0.5, 0.6) is 5.88 Å². The molecule has 16 heavy (non-hydrogen) atoms. The maximum Gasteiger partial charge on any atom is 0.226 e. The molecule has 0 atom stereocenters. The van der Waals surface area contributed by atoms with E-state index >= 15 is 0 Å². The molecule has 4 nitrogen and oxygen atoms in total. The predicted molar refractivity (Wildman–Crippen MR) is 64.5 cm³/mol. The van der Waals surface area contributed by atoms with Gasteiger partial charge >= 0.3 is 0 Å². The Hall–Kier alpha value is -1.76. The van der Waals surface area contributed by atoms with E-state index < -0.39 is 0 Å². The van der Waals surface area contributed by atoms with E-state index in [2.05, 4.69) is 28.1 Å². The third-order valence-electron chi connectivity index (χ3n) is 1.86. The van der Waals surface area contributed by atoms with Gasteiger partial charge in [-0.05, 0) is 13.3 Å². The van der Waals surface area contributed by atoms with Crippen molar-refractivity contribution in [3.63, 3.8) is 0 Å². The van der Waals surface area contributed by atoms with Gasteiger partial charge in [-0.1, -0.05) is 6.92 Å². The van der Waals surface area contributed by atoms with Gasteiger partial charge in [-0.15, -0.1) is 12.3 Å². The Bertz CT molecular complexity index is 371. The molecule has 0 saturated carbocycles. The SMILES string of the molecule is C#CCCOc1cc(C)nc(NCCC)n1. The zero-order valence-electron chi connectivity index (χ0n) is 9.79. The second-order valence-corrected chi connectivity index (χ2v) is 3.40. The van der Waals surface area contributed by atoms with E-state index in [1.54, 1.807) is 6.07 Å². The number of ether oxygens (including phenoxy) is 1. The summed E-state index contributed by atoms with van der Waals surface area (Å²) in [6.07, 6.45) is 6.76. The molecule has 1 aromatic rings. The van der Waals surface area contributed by atoms with Crippen LogP contribution in [0.25, 0.3) is 0 Å². The molecule has 0 saturated heterocycles. The lowest BCUT2D eigenvalue weighted by Gasteiger charge is -2.07. The van der Waals surface area contributed by atoms with Crippen LogP contribution in [0.2, 0.25) is 0 Å². The lowest BCUT2D eigenvalue weighted by Crippen LogP contribution is -2.07. The van der Waals surface area contributed by atoms with Crippen molar-refractivity contribution in [2.45, 2.75) is 26.7 Å². The Kier molecular flexibility index (Phi) is 5.13. The van der Waals surface area contributed by atoms with Gasteiger partial charge in [0, 0.05) is 24.7 Å². The highest BCUT2D eigenvalue weighted by Crippen LogP contribution is 2.12. The van der Waals surface area contributed by atoms with Gasteiger partial charge in [-0.2, -0.15) is 4.98 Å². The quantitative estimate of drug-likeness (QED) is 0.587. The minimum atomic E-state index is 0.486. The van der Waals surface area contributed by atoms with Crippen LogP contribution in [-0.4, -0.2) is 23.1 Å². The van der Waals surface area contributed by atoms with Gasteiger partial charge in [0.05, 0.1) is 0 Å². The molecule has 1 heterocycles. The first-order valence-corrected chi connectivity index (χ1v) is 5.42. The van der Waals surface area contributed by atoms with Crippen molar-refractivity contribution in [1.29, 1.82) is 0 Å². The molecule has 0 amide bonds. The Balaban J connectivity index is 2.62. The van der Waals surface area contributed by atoms with Gasteiger partial charge in [0.15, 0.2) is 0 Å². The number of nitrogens with zero attached hydrogens (tertiary/aromatic N) is 2. The molecule has 0 fully saturated rings. The van der Waals surface area contributed by atoms with Crippen LogP contribution in [0.3, 0.4) is 0 Å². The topological polar surface area (TPSA) is 47.0 Å². The van der Waals surface area contributed by atoms with Crippen molar-refractivity contribution in [3.05, 3.63) is 11.8 Å². The fraction of sp³-hybridized carbons (Fsp3) is 0.500. The maximum absolute atomic E-state index is 5.41. The molecule has 0 aliphatic rings. The van der Waals surface area contributed by atoms with Crippen LogP contribution in [0, 0.1) is 19.3 Å². The fourth-order valence-corrected chi connectivity index (χ4v) is 1.14. The Morgan fingerprint density at radius 1 is 1.50 bits per heavy atom. The number of aryl methyl sites for hydroxylation is 1. The lowest BCUT2D eigenvalue weighted by atomic mass is 10.4. The molecule has 1 N–H and O–H groups in total. The van der Waals surface area contributed by atoms with E-state index in [-0.39, 0.29) is 0 Å². The molecule has 0 spiro atoms. The highest BCUT2D eigenvalue weighted by molar-refractivity contribution is 5.30. The lowest BCUT2D eigenvalue weighted by molar-refractivity contribution is 0.314. The molecule has 0 radical (unpaired) electrons. The van der Waals surface area contributed by atoms with E-state index in [1.165, 1.54) is 0 Å². The molecule has 0 aliphatic carbocycles. The molecule has 1 aromatic heterocycles. The largest absolute Gasteiger partial charge is 0.477 e. The summed E-state index contributed by atoms with van der Waals surface area (Å²) >= 11 is 0. The molecule has 0 bridgehead atoms.